The number of nitrogens with zero attached hydrogens (tertiary/aromatic N) is 4. The van der Waals surface area contributed by atoms with Crippen molar-refractivity contribution < 1.29 is 9.90 Å². The molecule has 10 nitrogen and oxygen atoms in total. The number of nitrogens with one attached hydrogen (secondary N) is 2. The van der Waals surface area contributed by atoms with Crippen LogP contribution in [0.5, 0.6) is 0 Å². The van der Waals surface area contributed by atoms with Crippen LogP contribution in [0, 0.1) is 0 Å². The average Bonchev–Trinajstić information content (AvgIpc) is 3.34. The molecule has 0 unspecified atom stereocenters. The Morgan fingerprint density at radius 2 is 2.03 bits per heavy atom. The molecule has 0 radical (unpaired) electrons. The molecule has 10 heteroatoms. The predicted octanol–water partition coefficient (Wildman–Crippen LogP) is 1.24. The third-order valence-corrected chi connectivity index (χ3v) is 4.92. The van der Waals surface area contributed by atoms with Crippen LogP contribution in [-0.4, -0.2) is 35.5 Å². The van der Waals surface area contributed by atoms with Crippen molar-refractivity contribution in [2.75, 3.05) is 5.73 Å². The number of carbonyl (C=O) groups excluding carboxylic acids is 1. The van der Waals surface area contributed by atoms with Gasteiger partial charge >= 0.3 is 0 Å². The maximum atomic E-state index is 12.9. The lowest BCUT2D eigenvalue weighted by Gasteiger charge is -2.13. The van der Waals surface area contributed by atoms with E-state index in [2.05, 4.69) is 25.3 Å². The number of amides is 1. The molecular weight excluding hydrogens is 410 g/mol. The van der Waals surface area contributed by atoms with Gasteiger partial charge in [-0.15, -0.1) is 0 Å². The lowest BCUT2D eigenvalue weighted by molar-refractivity contribution is 0.0946. The Labute approximate surface area is 182 Å². The molecule has 5 N–H and O–H groups in total. The van der Waals surface area contributed by atoms with Crippen LogP contribution in [-0.2, 0) is 20.2 Å². The smallest absolute Gasteiger partial charge is 0.274 e. The quantitative estimate of drug-likeness (QED) is 0.358. The van der Waals surface area contributed by atoms with Gasteiger partial charge in [0.2, 0.25) is 5.56 Å². The first-order valence-electron chi connectivity index (χ1n) is 9.78. The highest BCUT2D eigenvalue weighted by Crippen LogP contribution is 2.29. The fourth-order valence-corrected chi connectivity index (χ4v) is 3.24. The van der Waals surface area contributed by atoms with E-state index in [9.17, 15) is 14.7 Å². The summed E-state index contributed by atoms with van der Waals surface area (Å²) >= 11 is 0. The monoisotopic (exact) mass is 431 g/mol. The second-order valence-electron chi connectivity index (χ2n) is 7.06. The summed E-state index contributed by atoms with van der Waals surface area (Å²) in [5.41, 5.74) is 9.14. The van der Waals surface area contributed by atoms with Gasteiger partial charge in [-0.05, 0) is 24.3 Å². The van der Waals surface area contributed by atoms with Gasteiger partial charge in [0.1, 0.15) is 11.4 Å². The van der Waals surface area contributed by atoms with Gasteiger partial charge in [0.25, 0.3) is 5.91 Å². The highest BCUT2D eigenvalue weighted by Gasteiger charge is 2.21. The Kier molecular flexibility index (Phi) is 5.77. The zero-order chi connectivity index (χ0) is 22.7. The van der Waals surface area contributed by atoms with Crippen LogP contribution in [0.1, 0.15) is 21.7 Å². The summed E-state index contributed by atoms with van der Waals surface area (Å²) < 4.78 is 1.42. The van der Waals surface area contributed by atoms with Crippen LogP contribution in [0.3, 0.4) is 0 Å². The highest BCUT2D eigenvalue weighted by molar-refractivity contribution is 5.97. The van der Waals surface area contributed by atoms with Crippen molar-refractivity contribution in [1.29, 1.82) is 0 Å². The van der Waals surface area contributed by atoms with Crippen LogP contribution in [0.25, 0.3) is 22.6 Å². The number of H-pyrrole nitrogens is 1. The molecule has 0 spiro atoms. The number of rotatable bonds is 6. The van der Waals surface area contributed by atoms with Gasteiger partial charge in [-0.2, -0.15) is 0 Å². The van der Waals surface area contributed by atoms with E-state index >= 15 is 0 Å². The Hall–Kier alpha value is -4.31. The summed E-state index contributed by atoms with van der Waals surface area (Å²) in [6.07, 6.45) is 4.94. The minimum Gasteiger partial charge on any atom is -0.392 e. The Morgan fingerprint density at radius 1 is 1.19 bits per heavy atom. The number of nitrogens with two attached hydrogens (primary N) is 1. The summed E-state index contributed by atoms with van der Waals surface area (Å²) in [6.45, 7) is -0.104. The minimum atomic E-state index is -0.534. The van der Waals surface area contributed by atoms with Crippen LogP contribution in [0.15, 0.2) is 59.8 Å². The van der Waals surface area contributed by atoms with E-state index < -0.39 is 5.91 Å². The number of hydrogen-bond donors (Lipinski definition) is 4. The zero-order valence-corrected chi connectivity index (χ0v) is 17.2. The fraction of sp³-hybridized carbons (Fsp3) is 0.136. The second-order valence-corrected chi connectivity index (χ2v) is 7.06. The summed E-state index contributed by atoms with van der Waals surface area (Å²) in [4.78, 5) is 40.9. The number of aliphatic hydroxyl groups is 1. The Bertz CT molecular complexity index is 1330. The number of aromatic nitrogens is 5. The van der Waals surface area contributed by atoms with E-state index in [1.54, 1.807) is 43.8 Å². The third kappa shape index (κ3) is 4.12. The van der Waals surface area contributed by atoms with Gasteiger partial charge in [0.15, 0.2) is 11.5 Å². The van der Waals surface area contributed by atoms with Crippen molar-refractivity contribution in [3.8, 4) is 22.6 Å². The first-order valence-corrected chi connectivity index (χ1v) is 9.78. The summed E-state index contributed by atoms with van der Waals surface area (Å²) in [5, 5.41) is 12.2. The van der Waals surface area contributed by atoms with Crippen LogP contribution in [0.2, 0.25) is 0 Å². The number of nitrogen functional groups attached to an aromatic ring is 1. The SMILES string of the molecule is Cn1cc(-c2nc(C(=O)NCc3ncccc3CO)c(N)nc2-c2ccc[nH]2)ccc1=O. The van der Waals surface area contributed by atoms with Crippen molar-refractivity contribution in [2.24, 2.45) is 7.05 Å². The molecule has 0 aliphatic heterocycles. The number of hydrogen-bond acceptors (Lipinski definition) is 7. The summed E-state index contributed by atoms with van der Waals surface area (Å²) in [5.74, 6) is -0.572. The molecule has 0 aromatic carbocycles. The molecule has 162 valence electrons. The van der Waals surface area contributed by atoms with E-state index in [1.807, 2.05) is 12.1 Å². The standard InChI is InChI=1S/C22H21N7O3/c1-29-11-13(6-7-17(29)31)18-19(15-5-3-9-24-15)28-21(23)20(27-18)22(32)26-10-16-14(12-30)4-2-8-25-16/h2-9,11,24,30H,10,12H2,1H3,(H2,23,28)(H,26,32). The van der Waals surface area contributed by atoms with Gasteiger partial charge in [0.05, 0.1) is 24.5 Å². The molecule has 0 atom stereocenters. The zero-order valence-electron chi connectivity index (χ0n) is 17.2. The van der Waals surface area contributed by atoms with Gasteiger partial charge in [-0.25, -0.2) is 9.97 Å². The molecule has 4 aromatic heterocycles. The van der Waals surface area contributed by atoms with Crippen molar-refractivity contribution in [3.05, 3.63) is 82.3 Å². The van der Waals surface area contributed by atoms with Crippen LogP contribution >= 0.6 is 0 Å². The molecule has 4 aromatic rings. The molecule has 32 heavy (non-hydrogen) atoms. The number of aliphatic hydroxyl groups excluding tert-OH is 1. The average molecular weight is 431 g/mol. The molecule has 4 heterocycles. The van der Waals surface area contributed by atoms with E-state index in [-0.39, 0.29) is 30.2 Å². The molecule has 0 saturated heterocycles. The summed E-state index contributed by atoms with van der Waals surface area (Å²) in [7, 11) is 1.63. The van der Waals surface area contributed by atoms with Crippen molar-refractivity contribution >= 4 is 11.7 Å². The van der Waals surface area contributed by atoms with E-state index in [1.165, 1.54) is 10.6 Å². The molecule has 0 aliphatic carbocycles. The molecule has 0 aliphatic rings. The van der Waals surface area contributed by atoms with Crippen molar-refractivity contribution in [1.82, 2.24) is 29.8 Å². The summed E-state index contributed by atoms with van der Waals surface area (Å²) in [6, 6.07) is 10.1. The Morgan fingerprint density at radius 3 is 2.75 bits per heavy atom. The number of pyridine rings is 2. The minimum absolute atomic E-state index is 0.0379. The molecule has 0 fully saturated rings. The molecule has 1 amide bonds. The van der Waals surface area contributed by atoms with Gasteiger partial charge in [-0.3, -0.25) is 14.6 Å². The number of aromatic amines is 1. The van der Waals surface area contributed by atoms with Crippen LogP contribution < -0.4 is 16.6 Å². The first-order chi connectivity index (χ1) is 15.5. The first kappa shape index (κ1) is 20.9. The lowest BCUT2D eigenvalue weighted by Crippen LogP contribution is -2.27. The van der Waals surface area contributed by atoms with E-state index in [4.69, 9.17) is 5.73 Å². The fourth-order valence-electron chi connectivity index (χ4n) is 3.24. The Balaban J connectivity index is 1.73. The van der Waals surface area contributed by atoms with E-state index in [0.717, 1.165) is 0 Å². The molecule has 0 bridgehead atoms. The number of carbonyl (C=O) groups is 1. The van der Waals surface area contributed by atoms with E-state index in [0.29, 0.717) is 33.9 Å². The largest absolute Gasteiger partial charge is 0.392 e. The molecule has 4 rings (SSSR count). The van der Waals surface area contributed by atoms with Gasteiger partial charge in [-0.1, -0.05) is 6.07 Å². The van der Waals surface area contributed by atoms with Gasteiger partial charge in [0, 0.05) is 42.8 Å². The predicted molar refractivity (Wildman–Crippen MR) is 118 cm³/mol. The topological polar surface area (TPSA) is 152 Å². The van der Waals surface area contributed by atoms with Crippen LogP contribution in [0.4, 0.5) is 5.82 Å². The number of aryl methyl sites for hydroxylation is 1. The highest BCUT2D eigenvalue weighted by atomic mass is 16.3. The third-order valence-electron chi connectivity index (χ3n) is 4.92. The molecule has 0 saturated carbocycles. The second kappa shape index (κ2) is 8.82. The van der Waals surface area contributed by atoms with Crippen molar-refractivity contribution in [3.63, 3.8) is 0 Å². The molecular formula is C22H21N7O3. The number of anilines is 1. The van der Waals surface area contributed by atoms with Crippen molar-refractivity contribution in [2.45, 2.75) is 13.2 Å². The lowest BCUT2D eigenvalue weighted by atomic mass is 10.1. The van der Waals surface area contributed by atoms with Gasteiger partial charge < -0.3 is 25.7 Å². The maximum absolute atomic E-state index is 12.9. The maximum Gasteiger partial charge on any atom is 0.274 e. The normalized spacial score (nSPS) is 10.8.